The van der Waals surface area contributed by atoms with Gasteiger partial charge >= 0.3 is 0 Å². The van der Waals surface area contributed by atoms with E-state index in [1.54, 1.807) is 0 Å². The number of aliphatic hydroxyl groups excluding tert-OH is 1. The van der Waals surface area contributed by atoms with Crippen molar-refractivity contribution in [2.24, 2.45) is 5.92 Å². The molecule has 1 aromatic rings. The smallest absolute Gasteiger partial charge is 0.122 e. The van der Waals surface area contributed by atoms with Gasteiger partial charge in [0.2, 0.25) is 0 Å². The number of hydrogen-bond donors (Lipinski definition) is 2. The van der Waals surface area contributed by atoms with Gasteiger partial charge in [-0.2, -0.15) is 0 Å². The van der Waals surface area contributed by atoms with E-state index in [-0.39, 0.29) is 6.10 Å². The van der Waals surface area contributed by atoms with E-state index < -0.39 is 0 Å². The molecule has 20 heavy (non-hydrogen) atoms. The van der Waals surface area contributed by atoms with E-state index in [0.29, 0.717) is 12.0 Å². The van der Waals surface area contributed by atoms with Crippen LogP contribution in [0, 0.1) is 5.92 Å². The van der Waals surface area contributed by atoms with Gasteiger partial charge in [-0.1, -0.05) is 25.5 Å². The molecule has 0 saturated heterocycles. The average molecular weight is 275 g/mol. The fraction of sp³-hybridized carbons (Fsp3) is 0.647. The second kappa shape index (κ2) is 6.15. The highest BCUT2D eigenvalue weighted by atomic mass is 16.5. The molecule has 1 aliphatic carbocycles. The Morgan fingerprint density at radius 2 is 2.30 bits per heavy atom. The van der Waals surface area contributed by atoms with Crippen LogP contribution in [0.25, 0.3) is 0 Å². The van der Waals surface area contributed by atoms with Crippen LogP contribution in [-0.2, 0) is 6.42 Å². The van der Waals surface area contributed by atoms with Crippen molar-refractivity contribution in [1.29, 1.82) is 0 Å². The monoisotopic (exact) mass is 275 g/mol. The summed E-state index contributed by atoms with van der Waals surface area (Å²) >= 11 is 0. The Kier molecular flexibility index (Phi) is 4.27. The van der Waals surface area contributed by atoms with E-state index in [9.17, 15) is 5.11 Å². The first-order valence-electron chi connectivity index (χ1n) is 7.95. The van der Waals surface area contributed by atoms with E-state index >= 15 is 0 Å². The minimum absolute atomic E-state index is 0.103. The Balaban J connectivity index is 1.64. The molecule has 3 unspecified atom stereocenters. The highest BCUT2D eigenvalue weighted by Gasteiger charge is 2.25. The SMILES string of the molecule is CCC(NCC1CCCC1O)c1ccc2c(c1)CCO2. The largest absolute Gasteiger partial charge is 0.493 e. The van der Waals surface area contributed by atoms with Gasteiger partial charge < -0.3 is 15.2 Å². The van der Waals surface area contributed by atoms with Crippen molar-refractivity contribution in [3.8, 4) is 5.75 Å². The van der Waals surface area contributed by atoms with Crippen LogP contribution < -0.4 is 10.1 Å². The van der Waals surface area contributed by atoms with E-state index in [1.807, 2.05) is 0 Å². The molecule has 1 aromatic carbocycles. The lowest BCUT2D eigenvalue weighted by molar-refractivity contribution is 0.129. The van der Waals surface area contributed by atoms with Crippen LogP contribution in [0.2, 0.25) is 0 Å². The number of nitrogens with one attached hydrogen (secondary N) is 1. The van der Waals surface area contributed by atoms with Crippen molar-refractivity contribution in [2.45, 2.75) is 51.2 Å². The Labute approximate surface area is 121 Å². The molecule has 2 aliphatic rings. The van der Waals surface area contributed by atoms with Gasteiger partial charge in [0, 0.05) is 19.0 Å². The third kappa shape index (κ3) is 2.84. The number of rotatable bonds is 5. The van der Waals surface area contributed by atoms with Gasteiger partial charge in [0.1, 0.15) is 5.75 Å². The lowest BCUT2D eigenvalue weighted by Gasteiger charge is -2.22. The molecule has 1 saturated carbocycles. The number of fused-ring (bicyclic) bond motifs is 1. The van der Waals surface area contributed by atoms with Crippen molar-refractivity contribution < 1.29 is 9.84 Å². The van der Waals surface area contributed by atoms with Crippen LogP contribution in [0.1, 0.15) is 49.8 Å². The van der Waals surface area contributed by atoms with Crippen LogP contribution >= 0.6 is 0 Å². The van der Waals surface area contributed by atoms with Crippen molar-refractivity contribution in [2.75, 3.05) is 13.2 Å². The van der Waals surface area contributed by atoms with Crippen LogP contribution in [0.3, 0.4) is 0 Å². The molecule has 2 N–H and O–H groups in total. The Morgan fingerprint density at radius 3 is 3.05 bits per heavy atom. The minimum Gasteiger partial charge on any atom is -0.493 e. The molecule has 3 atom stereocenters. The average Bonchev–Trinajstić information content (AvgIpc) is 3.08. The summed E-state index contributed by atoms with van der Waals surface area (Å²) in [5.74, 6) is 1.48. The van der Waals surface area contributed by atoms with Gasteiger partial charge in [-0.3, -0.25) is 0 Å². The van der Waals surface area contributed by atoms with Gasteiger partial charge in [-0.25, -0.2) is 0 Å². The predicted octanol–water partition coefficient (Wildman–Crippen LogP) is 2.82. The number of benzene rings is 1. The van der Waals surface area contributed by atoms with Gasteiger partial charge in [0.15, 0.2) is 0 Å². The number of hydrogen-bond acceptors (Lipinski definition) is 3. The highest BCUT2D eigenvalue weighted by Crippen LogP contribution is 2.30. The van der Waals surface area contributed by atoms with Crippen molar-refractivity contribution >= 4 is 0 Å². The van der Waals surface area contributed by atoms with Crippen LogP contribution in [0.5, 0.6) is 5.75 Å². The zero-order chi connectivity index (χ0) is 13.9. The van der Waals surface area contributed by atoms with E-state index in [0.717, 1.165) is 44.6 Å². The predicted molar refractivity (Wildman–Crippen MR) is 80.0 cm³/mol. The first-order chi connectivity index (χ1) is 9.78. The van der Waals surface area contributed by atoms with E-state index in [1.165, 1.54) is 17.5 Å². The van der Waals surface area contributed by atoms with Gasteiger partial charge in [0.05, 0.1) is 12.7 Å². The summed E-state index contributed by atoms with van der Waals surface area (Å²) in [5, 5.41) is 13.6. The quantitative estimate of drug-likeness (QED) is 0.868. The highest BCUT2D eigenvalue weighted by molar-refractivity contribution is 5.40. The summed E-state index contributed by atoms with van der Waals surface area (Å²) in [6.45, 7) is 3.96. The van der Waals surface area contributed by atoms with Crippen LogP contribution in [0.4, 0.5) is 0 Å². The van der Waals surface area contributed by atoms with Gasteiger partial charge in [-0.05, 0) is 42.4 Å². The summed E-state index contributed by atoms with van der Waals surface area (Å²) < 4.78 is 5.57. The van der Waals surface area contributed by atoms with Crippen molar-refractivity contribution in [3.05, 3.63) is 29.3 Å². The standard InChI is InChI=1S/C17H25NO2/c1-2-15(18-11-14-4-3-5-16(14)19)12-6-7-17-13(10-12)8-9-20-17/h6-7,10,14-16,18-19H,2-5,8-9,11H2,1H3. The lowest BCUT2D eigenvalue weighted by Crippen LogP contribution is -2.30. The zero-order valence-electron chi connectivity index (χ0n) is 12.3. The molecule has 0 spiro atoms. The summed E-state index contributed by atoms with van der Waals surface area (Å²) in [6.07, 6.45) is 5.29. The molecule has 0 radical (unpaired) electrons. The maximum atomic E-state index is 9.92. The molecule has 3 nitrogen and oxygen atoms in total. The molecule has 0 aromatic heterocycles. The summed E-state index contributed by atoms with van der Waals surface area (Å²) in [4.78, 5) is 0. The van der Waals surface area contributed by atoms with Crippen LogP contribution in [-0.4, -0.2) is 24.4 Å². The second-order valence-corrected chi connectivity index (χ2v) is 6.09. The van der Waals surface area contributed by atoms with Gasteiger partial charge in [0.25, 0.3) is 0 Å². The summed E-state index contributed by atoms with van der Waals surface area (Å²) in [7, 11) is 0. The third-order valence-electron chi connectivity index (χ3n) is 4.77. The van der Waals surface area contributed by atoms with E-state index in [2.05, 4.69) is 30.4 Å². The molecule has 3 rings (SSSR count). The summed E-state index contributed by atoms with van der Waals surface area (Å²) in [6, 6.07) is 6.95. The number of aliphatic hydroxyl groups is 1. The van der Waals surface area contributed by atoms with Crippen LogP contribution in [0.15, 0.2) is 18.2 Å². The molecule has 3 heteroatoms. The molecule has 0 amide bonds. The van der Waals surface area contributed by atoms with E-state index in [4.69, 9.17) is 4.74 Å². The molecule has 0 bridgehead atoms. The van der Waals surface area contributed by atoms with Gasteiger partial charge in [-0.15, -0.1) is 0 Å². The topological polar surface area (TPSA) is 41.5 Å². The number of ether oxygens (including phenoxy) is 1. The third-order valence-corrected chi connectivity index (χ3v) is 4.77. The lowest BCUT2D eigenvalue weighted by atomic mass is 9.99. The fourth-order valence-electron chi connectivity index (χ4n) is 3.47. The molecular formula is C17H25NO2. The molecule has 1 fully saturated rings. The van der Waals surface area contributed by atoms with Crippen molar-refractivity contribution in [3.63, 3.8) is 0 Å². The fourth-order valence-corrected chi connectivity index (χ4v) is 3.47. The Morgan fingerprint density at radius 1 is 1.40 bits per heavy atom. The molecule has 110 valence electrons. The maximum absolute atomic E-state index is 9.92. The normalized spacial score (nSPS) is 26.3. The first-order valence-corrected chi connectivity index (χ1v) is 7.95. The summed E-state index contributed by atoms with van der Waals surface area (Å²) in [5.41, 5.74) is 2.69. The maximum Gasteiger partial charge on any atom is 0.122 e. The Bertz CT molecular complexity index is 460. The Hall–Kier alpha value is -1.06. The second-order valence-electron chi connectivity index (χ2n) is 6.09. The zero-order valence-corrected chi connectivity index (χ0v) is 12.3. The molecule has 1 heterocycles. The minimum atomic E-state index is -0.103. The molecular weight excluding hydrogens is 250 g/mol. The molecule has 1 aliphatic heterocycles. The first kappa shape index (κ1) is 13.9. The van der Waals surface area contributed by atoms with Crippen molar-refractivity contribution in [1.82, 2.24) is 5.32 Å².